The third kappa shape index (κ3) is 3.84. The van der Waals surface area contributed by atoms with Crippen LogP contribution in [0.15, 0.2) is 24.3 Å². The Bertz CT molecular complexity index is 413. The van der Waals surface area contributed by atoms with E-state index in [2.05, 4.69) is 29.7 Å². The van der Waals surface area contributed by atoms with Gasteiger partial charge < -0.3 is 10.6 Å². The van der Waals surface area contributed by atoms with Gasteiger partial charge in [-0.3, -0.25) is 4.79 Å². The average Bonchev–Trinajstić information content (AvgIpc) is 3.13. The Morgan fingerprint density at radius 1 is 1.39 bits per heavy atom. The van der Waals surface area contributed by atoms with Crippen molar-refractivity contribution in [2.45, 2.75) is 45.2 Å². The van der Waals surface area contributed by atoms with Crippen molar-refractivity contribution in [1.82, 2.24) is 10.6 Å². The first-order valence-electron chi connectivity index (χ1n) is 6.75. The predicted octanol–water partition coefficient (Wildman–Crippen LogP) is 2.31. The van der Waals surface area contributed by atoms with E-state index in [0.29, 0.717) is 12.5 Å². The van der Waals surface area contributed by atoms with Crippen LogP contribution in [0.25, 0.3) is 0 Å². The third-order valence-electron chi connectivity index (χ3n) is 3.39. The molecule has 1 aliphatic rings. The number of rotatable bonds is 6. The van der Waals surface area contributed by atoms with Gasteiger partial charge in [-0.05, 0) is 37.8 Å². The molecule has 2 N–H and O–H groups in total. The number of aryl methyl sites for hydroxylation is 1. The quantitative estimate of drug-likeness (QED) is 0.808. The minimum atomic E-state index is 0.0830. The maximum atomic E-state index is 11.8. The minimum absolute atomic E-state index is 0.0830. The van der Waals surface area contributed by atoms with E-state index in [1.54, 1.807) is 0 Å². The van der Waals surface area contributed by atoms with Gasteiger partial charge in [0.2, 0.25) is 5.91 Å². The van der Waals surface area contributed by atoms with E-state index in [9.17, 15) is 4.79 Å². The molecule has 1 amide bonds. The SMILES string of the molecule is Cc1ccccc1[C@H](C)NC(=O)CCNC1CC1. The first-order chi connectivity index (χ1) is 8.66. The lowest BCUT2D eigenvalue weighted by Crippen LogP contribution is -2.30. The molecule has 1 saturated carbocycles. The van der Waals surface area contributed by atoms with Crippen LogP contribution in [0.5, 0.6) is 0 Å². The van der Waals surface area contributed by atoms with Crippen molar-refractivity contribution in [2.75, 3.05) is 6.54 Å². The molecule has 1 aliphatic carbocycles. The van der Waals surface area contributed by atoms with Gasteiger partial charge in [-0.1, -0.05) is 24.3 Å². The van der Waals surface area contributed by atoms with Gasteiger partial charge in [0, 0.05) is 19.0 Å². The molecule has 98 valence electrons. The van der Waals surface area contributed by atoms with Crippen molar-refractivity contribution in [3.05, 3.63) is 35.4 Å². The third-order valence-corrected chi connectivity index (χ3v) is 3.39. The summed E-state index contributed by atoms with van der Waals surface area (Å²) in [5.41, 5.74) is 2.42. The first kappa shape index (κ1) is 13.1. The van der Waals surface area contributed by atoms with Crippen molar-refractivity contribution < 1.29 is 4.79 Å². The second-order valence-corrected chi connectivity index (χ2v) is 5.12. The summed E-state index contributed by atoms with van der Waals surface area (Å²) < 4.78 is 0. The second kappa shape index (κ2) is 6.01. The van der Waals surface area contributed by atoms with Crippen molar-refractivity contribution in [3.8, 4) is 0 Å². The Morgan fingerprint density at radius 2 is 2.11 bits per heavy atom. The number of hydrogen-bond acceptors (Lipinski definition) is 2. The second-order valence-electron chi connectivity index (χ2n) is 5.12. The minimum Gasteiger partial charge on any atom is -0.350 e. The summed E-state index contributed by atoms with van der Waals surface area (Å²) in [6.45, 7) is 4.90. The van der Waals surface area contributed by atoms with Crippen LogP contribution in [0.4, 0.5) is 0 Å². The Balaban J connectivity index is 1.77. The largest absolute Gasteiger partial charge is 0.350 e. The lowest BCUT2D eigenvalue weighted by molar-refractivity contribution is -0.121. The van der Waals surface area contributed by atoms with Gasteiger partial charge in [0.25, 0.3) is 0 Å². The number of carbonyl (C=O) groups excluding carboxylic acids is 1. The molecular weight excluding hydrogens is 224 g/mol. The highest BCUT2D eigenvalue weighted by Crippen LogP contribution is 2.18. The van der Waals surface area contributed by atoms with E-state index in [1.165, 1.54) is 24.0 Å². The number of carbonyl (C=O) groups is 1. The monoisotopic (exact) mass is 246 g/mol. The fourth-order valence-electron chi connectivity index (χ4n) is 2.14. The van der Waals surface area contributed by atoms with Crippen molar-refractivity contribution >= 4 is 5.91 Å². The lowest BCUT2D eigenvalue weighted by Gasteiger charge is -2.16. The topological polar surface area (TPSA) is 41.1 Å². The highest BCUT2D eigenvalue weighted by Gasteiger charge is 2.20. The lowest BCUT2D eigenvalue weighted by atomic mass is 10.0. The highest BCUT2D eigenvalue weighted by atomic mass is 16.1. The summed E-state index contributed by atoms with van der Waals surface area (Å²) in [4.78, 5) is 11.8. The zero-order chi connectivity index (χ0) is 13.0. The molecular formula is C15H22N2O. The van der Waals surface area contributed by atoms with Crippen LogP contribution in [0.3, 0.4) is 0 Å². The van der Waals surface area contributed by atoms with E-state index in [4.69, 9.17) is 0 Å². The molecule has 1 aromatic rings. The van der Waals surface area contributed by atoms with E-state index in [0.717, 1.165) is 6.54 Å². The van der Waals surface area contributed by atoms with Crippen LogP contribution in [0.2, 0.25) is 0 Å². The molecule has 0 aliphatic heterocycles. The normalized spacial score (nSPS) is 16.3. The fourth-order valence-corrected chi connectivity index (χ4v) is 2.14. The van der Waals surface area contributed by atoms with Crippen LogP contribution < -0.4 is 10.6 Å². The number of amides is 1. The van der Waals surface area contributed by atoms with E-state index in [-0.39, 0.29) is 11.9 Å². The Hall–Kier alpha value is -1.35. The van der Waals surface area contributed by atoms with Crippen LogP contribution in [-0.4, -0.2) is 18.5 Å². The van der Waals surface area contributed by atoms with Crippen molar-refractivity contribution in [2.24, 2.45) is 0 Å². The summed E-state index contributed by atoms with van der Waals surface area (Å²) in [6.07, 6.45) is 3.09. The molecule has 1 aromatic carbocycles. The van der Waals surface area contributed by atoms with Gasteiger partial charge in [-0.2, -0.15) is 0 Å². The van der Waals surface area contributed by atoms with E-state index < -0.39 is 0 Å². The summed E-state index contributed by atoms with van der Waals surface area (Å²) in [6, 6.07) is 8.94. The van der Waals surface area contributed by atoms with Crippen molar-refractivity contribution in [3.63, 3.8) is 0 Å². The smallest absolute Gasteiger partial charge is 0.221 e. The average molecular weight is 246 g/mol. The molecule has 3 nitrogen and oxygen atoms in total. The summed E-state index contributed by atoms with van der Waals surface area (Å²) in [5, 5.41) is 6.40. The standard InChI is InChI=1S/C15H22N2O/c1-11-5-3-4-6-14(11)12(2)17-15(18)9-10-16-13-7-8-13/h3-6,12-13,16H,7-10H2,1-2H3,(H,17,18)/t12-/m0/s1. The molecule has 3 heteroatoms. The van der Waals surface area contributed by atoms with Gasteiger partial charge in [-0.25, -0.2) is 0 Å². The Morgan fingerprint density at radius 3 is 2.78 bits per heavy atom. The molecule has 2 rings (SSSR count). The van der Waals surface area contributed by atoms with Crippen LogP contribution in [0, 0.1) is 6.92 Å². The van der Waals surface area contributed by atoms with Crippen LogP contribution >= 0.6 is 0 Å². The molecule has 0 bridgehead atoms. The number of nitrogens with one attached hydrogen (secondary N) is 2. The van der Waals surface area contributed by atoms with E-state index >= 15 is 0 Å². The molecule has 1 atom stereocenters. The maximum Gasteiger partial charge on any atom is 0.221 e. The van der Waals surface area contributed by atoms with Gasteiger partial charge in [0.1, 0.15) is 0 Å². The molecule has 0 aromatic heterocycles. The summed E-state index contributed by atoms with van der Waals surface area (Å²) in [7, 11) is 0. The molecule has 0 unspecified atom stereocenters. The molecule has 0 heterocycles. The van der Waals surface area contributed by atoms with Crippen LogP contribution in [-0.2, 0) is 4.79 Å². The molecule has 1 fully saturated rings. The highest BCUT2D eigenvalue weighted by molar-refractivity contribution is 5.76. The first-order valence-corrected chi connectivity index (χ1v) is 6.75. The molecule has 0 spiro atoms. The summed E-state index contributed by atoms with van der Waals surface area (Å²) >= 11 is 0. The summed E-state index contributed by atoms with van der Waals surface area (Å²) in [5.74, 6) is 0.124. The number of hydrogen-bond donors (Lipinski definition) is 2. The van der Waals surface area contributed by atoms with Crippen molar-refractivity contribution in [1.29, 1.82) is 0 Å². The fraction of sp³-hybridized carbons (Fsp3) is 0.533. The Kier molecular flexibility index (Phi) is 4.37. The zero-order valence-electron chi connectivity index (χ0n) is 11.2. The Labute approximate surface area is 109 Å². The van der Waals surface area contributed by atoms with E-state index in [1.807, 2.05) is 19.1 Å². The number of benzene rings is 1. The molecule has 0 radical (unpaired) electrons. The van der Waals surface area contributed by atoms with Gasteiger partial charge >= 0.3 is 0 Å². The maximum absolute atomic E-state index is 11.8. The molecule has 18 heavy (non-hydrogen) atoms. The zero-order valence-corrected chi connectivity index (χ0v) is 11.2. The van der Waals surface area contributed by atoms with Crippen LogP contribution in [0.1, 0.15) is 43.4 Å². The predicted molar refractivity (Wildman–Crippen MR) is 73.4 cm³/mol. The van der Waals surface area contributed by atoms with Gasteiger partial charge in [0.15, 0.2) is 0 Å². The van der Waals surface area contributed by atoms with Gasteiger partial charge in [-0.15, -0.1) is 0 Å². The van der Waals surface area contributed by atoms with Gasteiger partial charge in [0.05, 0.1) is 6.04 Å². The molecule has 0 saturated heterocycles.